The monoisotopic (exact) mass is 283 g/mol. The lowest BCUT2D eigenvalue weighted by Gasteiger charge is -2.11. The van der Waals surface area contributed by atoms with Crippen LogP contribution in [0.25, 0.3) is 11.1 Å². The van der Waals surface area contributed by atoms with Crippen molar-refractivity contribution in [2.75, 3.05) is 0 Å². The highest BCUT2D eigenvalue weighted by Gasteiger charge is 2.33. The molecule has 2 aromatic carbocycles. The van der Waals surface area contributed by atoms with Gasteiger partial charge in [0.25, 0.3) is 0 Å². The zero-order valence-corrected chi connectivity index (χ0v) is 9.80. The molecule has 0 radical (unpaired) electrons. The summed E-state index contributed by atoms with van der Waals surface area (Å²) in [6.45, 7) is 0. The fourth-order valence-corrected chi connectivity index (χ4v) is 1.73. The molecule has 0 unspecified atom stereocenters. The molecule has 0 aliphatic heterocycles. The lowest BCUT2D eigenvalue weighted by atomic mass is 9.99. The van der Waals surface area contributed by atoms with E-state index in [-0.39, 0.29) is 11.1 Å². The van der Waals surface area contributed by atoms with Crippen molar-refractivity contribution in [1.82, 2.24) is 0 Å². The molecule has 1 nitrogen and oxygen atoms in total. The highest BCUT2D eigenvalue weighted by Crippen LogP contribution is 2.35. The van der Waals surface area contributed by atoms with Gasteiger partial charge in [-0.3, -0.25) is 0 Å². The summed E-state index contributed by atoms with van der Waals surface area (Å²) in [5, 5.41) is 8.66. The Kier molecular flexibility index (Phi) is 3.45. The van der Waals surface area contributed by atoms with Gasteiger partial charge in [0.15, 0.2) is 11.6 Å². The van der Waals surface area contributed by atoms with Crippen LogP contribution in [0.1, 0.15) is 11.1 Å². The molecule has 0 fully saturated rings. The first-order valence-corrected chi connectivity index (χ1v) is 5.39. The van der Waals surface area contributed by atoms with E-state index in [1.54, 1.807) is 0 Å². The SMILES string of the molecule is N#Cc1ccc(-c2ccc(F)c(F)c2)cc1C(F)(F)F. The minimum Gasteiger partial charge on any atom is -0.204 e. The topological polar surface area (TPSA) is 23.8 Å². The molecule has 102 valence electrons. The van der Waals surface area contributed by atoms with Crippen LogP contribution in [0.3, 0.4) is 0 Å². The first-order chi connectivity index (χ1) is 9.32. The van der Waals surface area contributed by atoms with Crippen LogP contribution in [-0.4, -0.2) is 0 Å². The first-order valence-electron chi connectivity index (χ1n) is 5.39. The number of nitrogens with zero attached hydrogens (tertiary/aromatic N) is 1. The second-order valence-corrected chi connectivity index (χ2v) is 4.00. The van der Waals surface area contributed by atoms with Crippen LogP contribution in [0.5, 0.6) is 0 Å². The van der Waals surface area contributed by atoms with E-state index in [4.69, 9.17) is 5.26 Å². The average molecular weight is 283 g/mol. The molecule has 0 N–H and O–H groups in total. The Labute approximate surface area is 110 Å². The van der Waals surface area contributed by atoms with Crippen LogP contribution >= 0.6 is 0 Å². The van der Waals surface area contributed by atoms with Crippen molar-refractivity contribution in [3.05, 3.63) is 59.2 Å². The van der Waals surface area contributed by atoms with Crippen molar-refractivity contribution < 1.29 is 22.0 Å². The summed E-state index contributed by atoms with van der Waals surface area (Å²) in [7, 11) is 0. The number of benzene rings is 2. The standard InChI is InChI=1S/C14H6F5N/c15-12-4-3-9(6-13(12)16)8-1-2-10(7-20)11(5-8)14(17,18)19/h1-6H. The number of rotatable bonds is 1. The van der Waals surface area contributed by atoms with Gasteiger partial charge in [0.2, 0.25) is 0 Å². The van der Waals surface area contributed by atoms with Crippen LogP contribution in [0.15, 0.2) is 36.4 Å². The lowest BCUT2D eigenvalue weighted by Crippen LogP contribution is -2.08. The largest absolute Gasteiger partial charge is 0.417 e. The highest BCUT2D eigenvalue weighted by atomic mass is 19.4. The molecule has 0 heterocycles. The maximum Gasteiger partial charge on any atom is 0.417 e. The molecular weight excluding hydrogens is 277 g/mol. The van der Waals surface area contributed by atoms with Crippen molar-refractivity contribution in [2.24, 2.45) is 0 Å². The Morgan fingerprint density at radius 1 is 0.850 bits per heavy atom. The summed E-state index contributed by atoms with van der Waals surface area (Å²) in [5.41, 5.74) is -1.49. The molecular formula is C14H6F5N. The molecule has 0 atom stereocenters. The Hall–Kier alpha value is -2.42. The Morgan fingerprint density at radius 3 is 2.00 bits per heavy atom. The third-order valence-electron chi connectivity index (χ3n) is 2.70. The smallest absolute Gasteiger partial charge is 0.204 e. The summed E-state index contributed by atoms with van der Waals surface area (Å²) in [5.74, 6) is -2.24. The quantitative estimate of drug-likeness (QED) is 0.706. The number of alkyl halides is 3. The van der Waals surface area contributed by atoms with Crippen LogP contribution in [0.4, 0.5) is 22.0 Å². The van der Waals surface area contributed by atoms with Crippen molar-refractivity contribution in [3.63, 3.8) is 0 Å². The minimum absolute atomic E-state index is 0.0511. The van der Waals surface area contributed by atoms with Gasteiger partial charge in [-0.25, -0.2) is 8.78 Å². The number of halogens is 5. The Balaban J connectivity index is 2.59. The molecule has 6 heteroatoms. The molecule has 0 aliphatic carbocycles. The normalized spacial score (nSPS) is 11.2. The molecule has 0 saturated heterocycles. The van der Waals surface area contributed by atoms with Gasteiger partial charge in [0.05, 0.1) is 17.2 Å². The fraction of sp³-hybridized carbons (Fsp3) is 0.0714. The predicted octanol–water partition coefficient (Wildman–Crippen LogP) is 4.52. The van der Waals surface area contributed by atoms with Gasteiger partial charge in [-0.1, -0.05) is 12.1 Å². The molecule has 0 aliphatic rings. The van der Waals surface area contributed by atoms with E-state index in [1.165, 1.54) is 18.2 Å². The Bertz CT molecular complexity index is 698. The average Bonchev–Trinajstić information content (AvgIpc) is 2.40. The van der Waals surface area contributed by atoms with Crippen LogP contribution in [0.2, 0.25) is 0 Å². The van der Waals surface area contributed by atoms with Gasteiger partial charge in [0, 0.05) is 0 Å². The molecule has 0 aromatic heterocycles. The van der Waals surface area contributed by atoms with Gasteiger partial charge < -0.3 is 0 Å². The van der Waals surface area contributed by atoms with Crippen molar-refractivity contribution >= 4 is 0 Å². The van der Waals surface area contributed by atoms with E-state index in [0.717, 1.165) is 24.3 Å². The van der Waals surface area contributed by atoms with Crippen LogP contribution < -0.4 is 0 Å². The lowest BCUT2D eigenvalue weighted by molar-refractivity contribution is -0.137. The zero-order valence-electron chi connectivity index (χ0n) is 9.80. The molecule has 0 amide bonds. The van der Waals surface area contributed by atoms with E-state index in [2.05, 4.69) is 0 Å². The van der Waals surface area contributed by atoms with Gasteiger partial charge >= 0.3 is 6.18 Å². The van der Waals surface area contributed by atoms with E-state index in [1.807, 2.05) is 0 Å². The third-order valence-corrected chi connectivity index (χ3v) is 2.70. The summed E-state index contributed by atoms with van der Waals surface area (Å²) in [4.78, 5) is 0. The fourth-order valence-electron chi connectivity index (χ4n) is 1.73. The summed E-state index contributed by atoms with van der Waals surface area (Å²) in [6.07, 6.45) is -4.69. The number of hydrogen-bond acceptors (Lipinski definition) is 1. The highest BCUT2D eigenvalue weighted by molar-refractivity contribution is 5.66. The maximum absolute atomic E-state index is 13.1. The van der Waals surface area contributed by atoms with E-state index in [9.17, 15) is 22.0 Å². The summed E-state index contributed by atoms with van der Waals surface area (Å²) < 4.78 is 64.3. The molecule has 2 aromatic rings. The molecule has 20 heavy (non-hydrogen) atoms. The molecule has 0 bridgehead atoms. The number of nitriles is 1. The second-order valence-electron chi connectivity index (χ2n) is 4.00. The second kappa shape index (κ2) is 4.93. The minimum atomic E-state index is -4.69. The third kappa shape index (κ3) is 2.62. The van der Waals surface area contributed by atoms with Crippen molar-refractivity contribution in [3.8, 4) is 17.2 Å². The van der Waals surface area contributed by atoms with E-state index >= 15 is 0 Å². The van der Waals surface area contributed by atoms with Gasteiger partial charge in [-0.15, -0.1) is 0 Å². The van der Waals surface area contributed by atoms with Crippen LogP contribution in [0, 0.1) is 23.0 Å². The molecule has 0 saturated carbocycles. The number of hydrogen-bond donors (Lipinski definition) is 0. The summed E-state index contributed by atoms with van der Waals surface area (Å²) >= 11 is 0. The molecule has 2 rings (SSSR count). The van der Waals surface area contributed by atoms with E-state index < -0.39 is 28.9 Å². The summed E-state index contributed by atoms with van der Waals surface area (Å²) in [6, 6.07) is 7.24. The maximum atomic E-state index is 13.1. The Morgan fingerprint density at radius 2 is 1.45 bits per heavy atom. The van der Waals surface area contributed by atoms with Gasteiger partial charge in [-0.05, 0) is 35.4 Å². The molecule has 0 spiro atoms. The predicted molar refractivity (Wildman–Crippen MR) is 61.5 cm³/mol. The van der Waals surface area contributed by atoms with Crippen molar-refractivity contribution in [1.29, 1.82) is 5.26 Å². The first kappa shape index (κ1) is 14.0. The van der Waals surface area contributed by atoms with Crippen LogP contribution in [-0.2, 0) is 6.18 Å². The van der Waals surface area contributed by atoms with E-state index in [0.29, 0.717) is 0 Å². The van der Waals surface area contributed by atoms with Crippen molar-refractivity contribution in [2.45, 2.75) is 6.18 Å². The van der Waals surface area contributed by atoms with Gasteiger partial charge in [-0.2, -0.15) is 18.4 Å². The van der Waals surface area contributed by atoms with Gasteiger partial charge in [0.1, 0.15) is 0 Å². The zero-order chi connectivity index (χ0) is 14.9.